The molecule has 2 unspecified atom stereocenters. The van der Waals surface area contributed by atoms with Crippen LogP contribution in [-0.4, -0.2) is 35.1 Å². The van der Waals surface area contributed by atoms with E-state index in [1.54, 1.807) is 0 Å². The molecule has 0 bridgehead atoms. The fourth-order valence-electron chi connectivity index (χ4n) is 4.19. The zero-order valence-corrected chi connectivity index (χ0v) is 13.8. The van der Waals surface area contributed by atoms with Crippen LogP contribution in [0.3, 0.4) is 0 Å². The summed E-state index contributed by atoms with van der Waals surface area (Å²) in [4.78, 5) is 14.4. The Kier molecular flexibility index (Phi) is 4.74. The molecule has 2 aliphatic rings. The zero-order chi connectivity index (χ0) is 15.7. The first kappa shape index (κ1) is 15.8. The van der Waals surface area contributed by atoms with E-state index in [1.807, 2.05) is 36.2 Å². The number of nitrogens with zero attached hydrogens (tertiary/aromatic N) is 1. The van der Waals surface area contributed by atoms with Crippen LogP contribution in [-0.2, 0) is 11.2 Å². The summed E-state index contributed by atoms with van der Waals surface area (Å²) >= 11 is 6.14. The standard InChI is InChI=1S/C18H24ClNO2/c1-20(15-8-13-10-16(21)11-14(13)9-15)18(22)7-6-12-4-2-3-5-17(12)19/h2-5,13-16,21H,6-11H2,1H3/t13-,14+,15?,16?. The van der Waals surface area contributed by atoms with Crippen molar-refractivity contribution in [2.75, 3.05) is 7.05 Å². The van der Waals surface area contributed by atoms with E-state index >= 15 is 0 Å². The lowest BCUT2D eigenvalue weighted by atomic mass is 10.0. The van der Waals surface area contributed by atoms with Crippen LogP contribution in [0.1, 0.15) is 37.7 Å². The monoisotopic (exact) mass is 321 g/mol. The van der Waals surface area contributed by atoms with E-state index in [0.717, 1.165) is 36.3 Å². The van der Waals surface area contributed by atoms with Crippen molar-refractivity contribution in [1.29, 1.82) is 0 Å². The number of carbonyl (C=O) groups is 1. The van der Waals surface area contributed by atoms with Crippen molar-refractivity contribution in [2.45, 2.75) is 50.7 Å². The van der Waals surface area contributed by atoms with E-state index in [-0.39, 0.29) is 12.0 Å². The molecule has 1 N–H and O–H groups in total. The maximum atomic E-state index is 12.4. The summed E-state index contributed by atoms with van der Waals surface area (Å²) in [5.41, 5.74) is 1.04. The average molecular weight is 322 g/mol. The molecule has 4 atom stereocenters. The third-order valence-electron chi connectivity index (χ3n) is 5.47. The minimum atomic E-state index is -0.114. The molecule has 2 aliphatic carbocycles. The Bertz CT molecular complexity index is 534. The van der Waals surface area contributed by atoms with Gasteiger partial charge in [0.05, 0.1) is 6.10 Å². The van der Waals surface area contributed by atoms with Gasteiger partial charge in [-0.15, -0.1) is 0 Å². The minimum Gasteiger partial charge on any atom is -0.393 e. The highest BCUT2D eigenvalue weighted by Crippen LogP contribution is 2.45. The van der Waals surface area contributed by atoms with Gasteiger partial charge in [0.25, 0.3) is 0 Å². The van der Waals surface area contributed by atoms with Crippen molar-refractivity contribution >= 4 is 17.5 Å². The number of carbonyl (C=O) groups excluding carboxylic acids is 1. The van der Waals surface area contributed by atoms with Crippen LogP contribution >= 0.6 is 11.6 Å². The highest BCUT2D eigenvalue weighted by Gasteiger charge is 2.42. The number of benzene rings is 1. The molecule has 120 valence electrons. The normalized spacial score (nSPS) is 30.3. The molecule has 1 aromatic carbocycles. The molecule has 0 aromatic heterocycles. The first-order valence-corrected chi connectivity index (χ1v) is 8.59. The Hall–Kier alpha value is -1.06. The van der Waals surface area contributed by atoms with E-state index in [2.05, 4.69) is 0 Å². The van der Waals surface area contributed by atoms with Gasteiger partial charge in [0.2, 0.25) is 5.91 Å². The summed E-state index contributed by atoms with van der Waals surface area (Å²) in [5, 5.41) is 10.5. The summed E-state index contributed by atoms with van der Waals surface area (Å²) < 4.78 is 0. The SMILES string of the molecule is CN(C(=O)CCc1ccccc1Cl)C1C[C@H]2CC(O)C[C@H]2C1. The van der Waals surface area contributed by atoms with Gasteiger partial charge in [-0.05, 0) is 55.6 Å². The van der Waals surface area contributed by atoms with Gasteiger partial charge in [-0.3, -0.25) is 4.79 Å². The van der Waals surface area contributed by atoms with Crippen LogP contribution in [0.2, 0.25) is 5.02 Å². The van der Waals surface area contributed by atoms with Gasteiger partial charge in [0, 0.05) is 24.5 Å². The van der Waals surface area contributed by atoms with Gasteiger partial charge in [-0.25, -0.2) is 0 Å². The molecule has 0 radical (unpaired) electrons. The van der Waals surface area contributed by atoms with Crippen LogP contribution in [0, 0.1) is 11.8 Å². The Labute approximate surface area is 137 Å². The van der Waals surface area contributed by atoms with Crippen molar-refractivity contribution in [1.82, 2.24) is 4.90 Å². The number of aliphatic hydroxyl groups excluding tert-OH is 1. The molecule has 4 heteroatoms. The van der Waals surface area contributed by atoms with Gasteiger partial charge in [0.1, 0.15) is 0 Å². The second-order valence-corrected chi connectivity index (χ2v) is 7.27. The number of fused-ring (bicyclic) bond motifs is 1. The molecule has 0 aliphatic heterocycles. The lowest BCUT2D eigenvalue weighted by molar-refractivity contribution is -0.131. The second kappa shape index (κ2) is 6.59. The molecular formula is C18H24ClNO2. The van der Waals surface area contributed by atoms with Gasteiger partial charge in [-0.1, -0.05) is 29.8 Å². The first-order valence-electron chi connectivity index (χ1n) is 8.21. The van der Waals surface area contributed by atoms with E-state index in [0.29, 0.717) is 30.7 Å². The number of hydrogen-bond acceptors (Lipinski definition) is 2. The largest absolute Gasteiger partial charge is 0.393 e. The third kappa shape index (κ3) is 3.31. The molecule has 0 heterocycles. The van der Waals surface area contributed by atoms with Crippen LogP contribution < -0.4 is 0 Å². The molecule has 3 nitrogen and oxygen atoms in total. The van der Waals surface area contributed by atoms with Gasteiger partial charge in [0.15, 0.2) is 0 Å². The number of rotatable bonds is 4. The zero-order valence-electron chi connectivity index (χ0n) is 13.0. The second-order valence-electron chi connectivity index (χ2n) is 6.87. The van der Waals surface area contributed by atoms with Crippen LogP contribution in [0.4, 0.5) is 0 Å². The highest BCUT2D eigenvalue weighted by molar-refractivity contribution is 6.31. The highest BCUT2D eigenvalue weighted by atomic mass is 35.5. The average Bonchev–Trinajstić information content (AvgIpc) is 3.02. The van der Waals surface area contributed by atoms with Crippen LogP contribution in [0.15, 0.2) is 24.3 Å². The summed E-state index contributed by atoms with van der Waals surface area (Å²) in [7, 11) is 1.93. The van der Waals surface area contributed by atoms with Crippen molar-refractivity contribution in [3.8, 4) is 0 Å². The predicted octanol–water partition coefficient (Wildman–Crippen LogP) is 3.28. The maximum Gasteiger partial charge on any atom is 0.222 e. The van der Waals surface area contributed by atoms with Crippen LogP contribution in [0.25, 0.3) is 0 Å². The Morgan fingerprint density at radius 3 is 2.50 bits per heavy atom. The molecule has 3 rings (SSSR count). The van der Waals surface area contributed by atoms with E-state index in [4.69, 9.17) is 11.6 Å². The number of aryl methyl sites for hydroxylation is 1. The lowest BCUT2D eigenvalue weighted by Gasteiger charge is -2.25. The van der Waals surface area contributed by atoms with Crippen molar-refractivity contribution in [2.24, 2.45) is 11.8 Å². The van der Waals surface area contributed by atoms with E-state index < -0.39 is 0 Å². The molecule has 2 saturated carbocycles. The van der Waals surface area contributed by atoms with E-state index in [9.17, 15) is 9.90 Å². The summed E-state index contributed by atoms with van der Waals surface area (Å²) in [5.74, 6) is 1.42. The topological polar surface area (TPSA) is 40.5 Å². The molecule has 2 fully saturated rings. The number of hydrogen-bond donors (Lipinski definition) is 1. The Balaban J connectivity index is 1.52. The quantitative estimate of drug-likeness (QED) is 0.924. The smallest absolute Gasteiger partial charge is 0.222 e. The van der Waals surface area contributed by atoms with Gasteiger partial charge >= 0.3 is 0 Å². The first-order chi connectivity index (χ1) is 10.5. The number of halogens is 1. The molecule has 0 spiro atoms. The molecular weight excluding hydrogens is 298 g/mol. The number of amides is 1. The van der Waals surface area contributed by atoms with Gasteiger partial charge in [-0.2, -0.15) is 0 Å². The summed E-state index contributed by atoms with van der Waals surface area (Å²) in [6, 6.07) is 8.07. The Morgan fingerprint density at radius 1 is 1.23 bits per heavy atom. The van der Waals surface area contributed by atoms with Crippen molar-refractivity contribution < 1.29 is 9.90 Å². The molecule has 0 saturated heterocycles. The summed E-state index contributed by atoms with van der Waals surface area (Å²) in [6.07, 6.45) is 5.03. The minimum absolute atomic E-state index is 0.114. The van der Waals surface area contributed by atoms with E-state index in [1.165, 1.54) is 0 Å². The molecule has 1 amide bonds. The van der Waals surface area contributed by atoms with Crippen molar-refractivity contribution in [3.63, 3.8) is 0 Å². The third-order valence-corrected chi connectivity index (χ3v) is 5.84. The van der Waals surface area contributed by atoms with Gasteiger partial charge < -0.3 is 10.0 Å². The summed E-state index contributed by atoms with van der Waals surface area (Å²) in [6.45, 7) is 0. The van der Waals surface area contributed by atoms with Crippen molar-refractivity contribution in [3.05, 3.63) is 34.9 Å². The fourth-order valence-corrected chi connectivity index (χ4v) is 4.42. The maximum absolute atomic E-state index is 12.4. The Morgan fingerprint density at radius 2 is 1.86 bits per heavy atom. The fraction of sp³-hybridized carbons (Fsp3) is 0.611. The lowest BCUT2D eigenvalue weighted by Crippen LogP contribution is -2.36. The predicted molar refractivity (Wildman–Crippen MR) is 87.8 cm³/mol. The number of aliphatic hydroxyl groups is 1. The molecule has 1 aromatic rings. The van der Waals surface area contributed by atoms with Crippen LogP contribution in [0.5, 0.6) is 0 Å². The molecule has 22 heavy (non-hydrogen) atoms.